The Kier molecular flexibility index (Phi) is 5.83. The zero-order chi connectivity index (χ0) is 11.0. The van der Waals surface area contributed by atoms with Gasteiger partial charge in [-0.3, -0.25) is 0 Å². The summed E-state index contributed by atoms with van der Waals surface area (Å²) in [5.41, 5.74) is 0.220. The predicted octanol–water partition coefficient (Wildman–Crippen LogP) is 1.49. The molecule has 0 aromatic rings. The summed E-state index contributed by atoms with van der Waals surface area (Å²) >= 11 is 0. The molecule has 0 aliphatic carbocycles. The second-order valence-electron chi connectivity index (χ2n) is 4.35. The van der Waals surface area contributed by atoms with Crippen molar-refractivity contribution in [3.8, 4) is 0 Å². The highest BCUT2D eigenvalue weighted by Crippen LogP contribution is 2.16. The molecule has 0 radical (unpaired) electrons. The van der Waals surface area contributed by atoms with Gasteiger partial charge in [-0.15, -0.1) is 0 Å². The number of nitrogens with zero attached hydrogens (tertiary/aromatic N) is 1. The average molecular weight is 201 g/mol. The van der Waals surface area contributed by atoms with E-state index in [2.05, 4.69) is 36.6 Å². The molecule has 2 amide bonds. The summed E-state index contributed by atoms with van der Waals surface area (Å²) in [5, 5.41) is 7.87. The van der Waals surface area contributed by atoms with Gasteiger partial charge in [-0.1, -0.05) is 25.9 Å². The van der Waals surface area contributed by atoms with Gasteiger partial charge in [-0.05, 0) is 11.8 Å². The molecular formula is C9H19N3O2. The number of nitroso groups, excluding NO2 is 1. The summed E-state index contributed by atoms with van der Waals surface area (Å²) in [6, 6.07) is -0.238. The first kappa shape index (κ1) is 12.9. The SMILES string of the molecule is CC(C)(C)CCNC(=O)NCCN=O. The first-order valence-electron chi connectivity index (χ1n) is 4.76. The molecule has 5 heteroatoms. The van der Waals surface area contributed by atoms with E-state index in [4.69, 9.17) is 0 Å². The third-order valence-electron chi connectivity index (χ3n) is 1.65. The molecular weight excluding hydrogens is 182 g/mol. The van der Waals surface area contributed by atoms with Crippen LogP contribution in [0.1, 0.15) is 27.2 Å². The quantitative estimate of drug-likeness (QED) is 0.522. The summed E-state index contributed by atoms with van der Waals surface area (Å²) in [4.78, 5) is 20.7. The number of hydrogen-bond acceptors (Lipinski definition) is 3. The average Bonchev–Trinajstić information content (AvgIpc) is 2.02. The summed E-state index contributed by atoms with van der Waals surface area (Å²) in [6.07, 6.45) is 0.923. The zero-order valence-corrected chi connectivity index (χ0v) is 9.09. The first-order valence-corrected chi connectivity index (χ1v) is 4.76. The normalized spacial score (nSPS) is 10.8. The topological polar surface area (TPSA) is 70.6 Å². The fourth-order valence-electron chi connectivity index (χ4n) is 0.829. The Balaban J connectivity index is 3.40. The molecule has 0 aromatic heterocycles. The lowest BCUT2D eigenvalue weighted by atomic mass is 9.92. The van der Waals surface area contributed by atoms with E-state index >= 15 is 0 Å². The van der Waals surface area contributed by atoms with Gasteiger partial charge >= 0.3 is 6.03 Å². The molecule has 82 valence electrons. The number of nitrogens with one attached hydrogen (secondary N) is 2. The van der Waals surface area contributed by atoms with Crippen molar-refractivity contribution in [2.45, 2.75) is 27.2 Å². The van der Waals surface area contributed by atoms with E-state index in [1.54, 1.807) is 0 Å². The molecule has 0 spiro atoms. The van der Waals surface area contributed by atoms with Crippen LogP contribution in [-0.2, 0) is 0 Å². The Morgan fingerprint density at radius 3 is 2.29 bits per heavy atom. The molecule has 14 heavy (non-hydrogen) atoms. The number of rotatable bonds is 5. The molecule has 0 bridgehead atoms. The summed E-state index contributed by atoms with van der Waals surface area (Å²) in [5.74, 6) is 0. The van der Waals surface area contributed by atoms with Crippen LogP contribution in [0.3, 0.4) is 0 Å². The third-order valence-corrected chi connectivity index (χ3v) is 1.65. The van der Waals surface area contributed by atoms with Gasteiger partial charge in [-0.25, -0.2) is 4.79 Å². The number of carbonyl (C=O) groups excluding carboxylic acids is 1. The molecule has 0 aliphatic heterocycles. The smallest absolute Gasteiger partial charge is 0.314 e. The second-order valence-corrected chi connectivity index (χ2v) is 4.35. The number of hydrogen-bond donors (Lipinski definition) is 2. The van der Waals surface area contributed by atoms with Gasteiger partial charge in [0.05, 0.1) is 6.54 Å². The van der Waals surface area contributed by atoms with Crippen molar-refractivity contribution in [1.29, 1.82) is 0 Å². The number of urea groups is 1. The number of carbonyl (C=O) groups is 1. The van der Waals surface area contributed by atoms with Gasteiger partial charge < -0.3 is 10.6 Å². The monoisotopic (exact) mass is 201 g/mol. The van der Waals surface area contributed by atoms with Crippen LogP contribution in [0.4, 0.5) is 4.79 Å². The summed E-state index contributed by atoms with van der Waals surface area (Å²) in [6.45, 7) is 7.40. The van der Waals surface area contributed by atoms with Crippen molar-refractivity contribution in [3.63, 3.8) is 0 Å². The highest BCUT2D eigenvalue weighted by molar-refractivity contribution is 5.73. The van der Waals surface area contributed by atoms with Crippen molar-refractivity contribution in [2.75, 3.05) is 19.6 Å². The van der Waals surface area contributed by atoms with Crippen LogP contribution in [0.2, 0.25) is 0 Å². The van der Waals surface area contributed by atoms with E-state index < -0.39 is 0 Å². The van der Waals surface area contributed by atoms with Gasteiger partial charge in [0, 0.05) is 13.1 Å². The fourth-order valence-corrected chi connectivity index (χ4v) is 0.829. The lowest BCUT2D eigenvalue weighted by molar-refractivity contribution is 0.239. The van der Waals surface area contributed by atoms with E-state index in [0.29, 0.717) is 13.1 Å². The van der Waals surface area contributed by atoms with Crippen molar-refractivity contribution in [2.24, 2.45) is 10.6 Å². The molecule has 0 heterocycles. The van der Waals surface area contributed by atoms with E-state index in [0.717, 1.165) is 6.42 Å². The standard InChI is InChI=1S/C9H19N3O2/c1-9(2,3)4-5-10-8(13)11-6-7-12-14/h4-7H2,1-3H3,(H2,10,11,13). The molecule has 0 saturated heterocycles. The molecule has 5 nitrogen and oxygen atoms in total. The Hall–Kier alpha value is -1.13. The zero-order valence-electron chi connectivity index (χ0n) is 9.09. The highest BCUT2D eigenvalue weighted by atomic mass is 16.3. The molecule has 0 unspecified atom stereocenters. The van der Waals surface area contributed by atoms with Crippen LogP contribution >= 0.6 is 0 Å². The van der Waals surface area contributed by atoms with Crippen molar-refractivity contribution in [1.82, 2.24) is 10.6 Å². The van der Waals surface area contributed by atoms with Crippen molar-refractivity contribution in [3.05, 3.63) is 4.91 Å². The molecule has 0 aromatic carbocycles. The summed E-state index contributed by atoms with van der Waals surface area (Å²) < 4.78 is 0. The lowest BCUT2D eigenvalue weighted by Gasteiger charge is -2.17. The van der Waals surface area contributed by atoms with Crippen LogP contribution in [-0.4, -0.2) is 25.7 Å². The maximum absolute atomic E-state index is 11.0. The van der Waals surface area contributed by atoms with E-state index in [9.17, 15) is 9.70 Å². The highest BCUT2D eigenvalue weighted by Gasteiger charge is 2.09. The minimum Gasteiger partial charge on any atom is -0.338 e. The van der Waals surface area contributed by atoms with Crippen LogP contribution in [0.5, 0.6) is 0 Å². The Morgan fingerprint density at radius 1 is 1.21 bits per heavy atom. The lowest BCUT2D eigenvalue weighted by Crippen LogP contribution is -2.38. The molecule has 0 aliphatic rings. The van der Waals surface area contributed by atoms with Crippen LogP contribution < -0.4 is 10.6 Å². The molecule has 0 saturated carbocycles. The van der Waals surface area contributed by atoms with E-state index in [-0.39, 0.29) is 18.0 Å². The molecule has 0 atom stereocenters. The minimum atomic E-state index is -0.238. The van der Waals surface area contributed by atoms with E-state index in [1.165, 1.54) is 0 Å². The van der Waals surface area contributed by atoms with Gasteiger partial charge in [-0.2, -0.15) is 4.91 Å². The predicted molar refractivity (Wildman–Crippen MR) is 56.1 cm³/mol. The first-order chi connectivity index (χ1) is 6.45. The molecule has 0 fully saturated rings. The largest absolute Gasteiger partial charge is 0.338 e. The van der Waals surface area contributed by atoms with E-state index in [1.807, 2.05) is 0 Å². The van der Waals surface area contributed by atoms with Gasteiger partial charge in [0.25, 0.3) is 0 Å². The van der Waals surface area contributed by atoms with Crippen LogP contribution in [0.25, 0.3) is 0 Å². The van der Waals surface area contributed by atoms with Crippen LogP contribution in [0, 0.1) is 10.3 Å². The third kappa shape index (κ3) is 8.96. The summed E-state index contributed by atoms with van der Waals surface area (Å²) in [7, 11) is 0. The molecule has 0 rings (SSSR count). The Morgan fingerprint density at radius 2 is 1.79 bits per heavy atom. The number of amides is 2. The van der Waals surface area contributed by atoms with Crippen molar-refractivity contribution < 1.29 is 4.79 Å². The Bertz CT molecular complexity index is 187. The van der Waals surface area contributed by atoms with Crippen molar-refractivity contribution >= 4 is 6.03 Å². The van der Waals surface area contributed by atoms with Gasteiger partial charge in [0.2, 0.25) is 0 Å². The van der Waals surface area contributed by atoms with Gasteiger partial charge in [0.15, 0.2) is 0 Å². The van der Waals surface area contributed by atoms with Crippen LogP contribution in [0.15, 0.2) is 5.18 Å². The van der Waals surface area contributed by atoms with Gasteiger partial charge in [0.1, 0.15) is 0 Å². The molecule has 2 N–H and O–H groups in total. The second kappa shape index (κ2) is 6.34. The maximum Gasteiger partial charge on any atom is 0.314 e. The Labute approximate surface area is 84.6 Å². The maximum atomic E-state index is 11.0. The fraction of sp³-hybridized carbons (Fsp3) is 0.889. The minimum absolute atomic E-state index is 0.118.